The van der Waals surface area contributed by atoms with Crippen molar-refractivity contribution in [1.82, 2.24) is 15.1 Å². The van der Waals surface area contributed by atoms with Crippen molar-refractivity contribution in [3.63, 3.8) is 0 Å². The summed E-state index contributed by atoms with van der Waals surface area (Å²) in [5.74, 6) is 0.542. The van der Waals surface area contributed by atoms with E-state index >= 15 is 0 Å². The quantitative estimate of drug-likeness (QED) is 0.719. The standard InChI is InChI=1S/C11H15N3O/c1-9-7-14(6-4-11(9)15)8-10-3-2-5-12-13-10/h2-3,5,9H,4,6-8H2,1H3. The summed E-state index contributed by atoms with van der Waals surface area (Å²) in [6.45, 7) is 4.48. The lowest BCUT2D eigenvalue weighted by molar-refractivity contribution is -0.125. The Morgan fingerprint density at radius 3 is 3.13 bits per heavy atom. The van der Waals surface area contributed by atoms with Crippen LogP contribution in [-0.4, -0.2) is 34.0 Å². The maximum atomic E-state index is 11.3. The van der Waals surface area contributed by atoms with Crippen LogP contribution in [0.3, 0.4) is 0 Å². The molecule has 1 aliphatic rings. The van der Waals surface area contributed by atoms with Gasteiger partial charge in [-0.3, -0.25) is 9.69 Å². The average molecular weight is 205 g/mol. The van der Waals surface area contributed by atoms with Crippen LogP contribution in [0.2, 0.25) is 0 Å². The number of piperidine rings is 1. The van der Waals surface area contributed by atoms with Crippen LogP contribution in [-0.2, 0) is 11.3 Å². The zero-order valence-electron chi connectivity index (χ0n) is 8.89. The number of rotatable bonds is 2. The van der Waals surface area contributed by atoms with E-state index in [9.17, 15) is 4.79 Å². The minimum atomic E-state index is 0.162. The van der Waals surface area contributed by atoms with E-state index in [1.54, 1.807) is 6.20 Å². The van der Waals surface area contributed by atoms with Crippen LogP contribution in [0.5, 0.6) is 0 Å². The smallest absolute Gasteiger partial charge is 0.138 e. The third kappa shape index (κ3) is 2.59. The Labute approximate surface area is 89.3 Å². The first-order valence-corrected chi connectivity index (χ1v) is 5.27. The number of aromatic nitrogens is 2. The molecule has 1 aromatic heterocycles. The summed E-state index contributed by atoms with van der Waals surface area (Å²) in [6.07, 6.45) is 2.34. The average Bonchev–Trinajstić information content (AvgIpc) is 2.25. The topological polar surface area (TPSA) is 46.1 Å². The lowest BCUT2D eigenvalue weighted by Gasteiger charge is -2.29. The van der Waals surface area contributed by atoms with Crippen molar-refractivity contribution in [3.8, 4) is 0 Å². The molecular weight excluding hydrogens is 190 g/mol. The van der Waals surface area contributed by atoms with Gasteiger partial charge in [0.15, 0.2) is 0 Å². The SMILES string of the molecule is CC1CN(Cc2cccnn2)CCC1=O. The van der Waals surface area contributed by atoms with Gasteiger partial charge in [0.05, 0.1) is 5.69 Å². The minimum Gasteiger partial charge on any atom is -0.299 e. The lowest BCUT2D eigenvalue weighted by Crippen LogP contribution is -2.39. The van der Waals surface area contributed by atoms with E-state index in [1.807, 2.05) is 19.1 Å². The molecule has 1 fully saturated rings. The molecule has 2 heterocycles. The Hall–Kier alpha value is -1.29. The fourth-order valence-corrected chi connectivity index (χ4v) is 1.89. The first-order chi connectivity index (χ1) is 7.25. The summed E-state index contributed by atoms with van der Waals surface area (Å²) in [5.41, 5.74) is 0.971. The molecule has 0 amide bonds. The Balaban J connectivity index is 1.94. The highest BCUT2D eigenvalue weighted by molar-refractivity contribution is 5.81. The van der Waals surface area contributed by atoms with Gasteiger partial charge in [-0.15, -0.1) is 0 Å². The second-order valence-electron chi connectivity index (χ2n) is 4.07. The number of ketones is 1. The maximum absolute atomic E-state index is 11.3. The van der Waals surface area contributed by atoms with Crippen LogP contribution < -0.4 is 0 Å². The summed E-state index contributed by atoms with van der Waals surface area (Å²) < 4.78 is 0. The van der Waals surface area contributed by atoms with Crippen LogP contribution in [0.25, 0.3) is 0 Å². The first-order valence-electron chi connectivity index (χ1n) is 5.27. The molecule has 1 atom stereocenters. The number of likely N-dealkylation sites (tertiary alicyclic amines) is 1. The molecule has 0 spiro atoms. The molecule has 15 heavy (non-hydrogen) atoms. The van der Waals surface area contributed by atoms with E-state index in [2.05, 4.69) is 15.1 Å². The number of hydrogen-bond acceptors (Lipinski definition) is 4. The van der Waals surface area contributed by atoms with Gasteiger partial charge in [-0.05, 0) is 12.1 Å². The summed E-state index contributed by atoms with van der Waals surface area (Å²) in [7, 11) is 0. The van der Waals surface area contributed by atoms with Gasteiger partial charge >= 0.3 is 0 Å². The fraction of sp³-hybridized carbons (Fsp3) is 0.545. The molecular formula is C11H15N3O. The zero-order valence-corrected chi connectivity index (χ0v) is 8.89. The van der Waals surface area contributed by atoms with E-state index in [0.717, 1.165) is 25.3 Å². The molecule has 1 unspecified atom stereocenters. The van der Waals surface area contributed by atoms with Crippen molar-refractivity contribution in [2.24, 2.45) is 5.92 Å². The van der Waals surface area contributed by atoms with Gasteiger partial charge in [-0.1, -0.05) is 6.92 Å². The lowest BCUT2D eigenvalue weighted by atomic mass is 9.98. The van der Waals surface area contributed by atoms with E-state index in [-0.39, 0.29) is 5.92 Å². The number of Topliss-reactive ketones (excluding diaryl/α,β-unsaturated/α-hetero) is 1. The molecule has 0 aliphatic carbocycles. The fourth-order valence-electron chi connectivity index (χ4n) is 1.89. The molecule has 0 N–H and O–H groups in total. The maximum Gasteiger partial charge on any atom is 0.138 e. The Kier molecular flexibility index (Phi) is 3.06. The van der Waals surface area contributed by atoms with E-state index in [0.29, 0.717) is 12.2 Å². The highest BCUT2D eigenvalue weighted by atomic mass is 16.1. The molecule has 1 saturated heterocycles. The van der Waals surface area contributed by atoms with Crippen LogP contribution >= 0.6 is 0 Å². The van der Waals surface area contributed by atoms with Crippen molar-refractivity contribution < 1.29 is 4.79 Å². The Bertz CT molecular complexity index is 339. The third-order valence-corrected chi connectivity index (χ3v) is 2.77. The summed E-state index contributed by atoms with van der Waals surface area (Å²) in [6, 6.07) is 3.86. The number of carbonyl (C=O) groups is 1. The van der Waals surface area contributed by atoms with E-state index in [1.165, 1.54) is 0 Å². The molecule has 0 saturated carbocycles. The van der Waals surface area contributed by atoms with Gasteiger partial charge in [-0.25, -0.2) is 0 Å². The number of carbonyl (C=O) groups excluding carboxylic acids is 1. The van der Waals surface area contributed by atoms with E-state index in [4.69, 9.17) is 0 Å². The minimum absolute atomic E-state index is 0.162. The van der Waals surface area contributed by atoms with Crippen LogP contribution in [0.4, 0.5) is 0 Å². The van der Waals surface area contributed by atoms with Gasteiger partial charge in [0.25, 0.3) is 0 Å². The van der Waals surface area contributed by atoms with E-state index < -0.39 is 0 Å². The molecule has 2 rings (SSSR count). The van der Waals surface area contributed by atoms with Gasteiger partial charge in [0.1, 0.15) is 5.78 Å². The monoisotopic (exact) mass is 205 g/mol. The molecule has 80 valence electrons. The van der Waals surface area contributed by atoms with Crippen molar-refractivity contribution in [1.29, 1.82) is 0 Å². The second-order valence-corrected chi connectivity index (χ2v) is 4.07. The molecule has 1 aromatic rings. The Morgan fingerprint density at radius 2 is 2.47 bits per heavy atom. The van der Waals surface area contributed by atoms with Gasteiger partial charge in [-0.2, -0.15) is 10.2 Å². The largest absolute Gasteiger partial charge is 0.299 e. The van der Waals surface area contributed by atoms with Crippen molar-refractivity contribution in [2.45, 2.75) is 19.9 Å². The van der Waals surface area contributed by atoms with Crippen LogP contribution in [0.1, 0.15) is 19.0 Å². The second kappa shape index (κ2) is 4.49. The summed E-state index contributed by atoms with van der Waals surface area (Å²) in [5, 5.41) is 7.88. The molecule has 0 aromatic carbocycles. The van der Waals surface area contributed by atoms with Gasteiger partial charge < -0.3 is 0 Å². The first kappa shape index (κ1) is 10.2. The highest BCUT2D eigenvalue weighted by Crippen LogP contribution is 2.13. The van der Waals surface area contributed by atoms with Crippen LogP contribution in [0, 0.1) is 5.92 Å². The number of hydrogen-bond donors (Lipinski definition) is 0. The predicted molar refractivity (Wildman–Crippen MR) is 56.1 cm³/mol. The molecule has 4 nitrogen and oxygen atoms in total. The number of nitrogens with zero attached hydrogens (tertiary/aromatic N) is 3. The normalized spacial score (nSPS) is 23.0. The molecule has 4 heteroatoms. The zero-order chi connectivity index (χ0) is 10.7. The highest BCUT2D eigenvalue weighted by Gasteiger charge is 2.23. The Morgan fingerprint density at radius 1 is 1.60 bits per heavy atom. The molecule has 1 aliphatic heterocycles. The predicted octanol–water partition coefficient (Wildman–Crippen LogP) is 0.887. The van der Waals surface area contributed by atoms with Gasteiger partial charge in [0.2, 0.25) is 0 Å². The molecule has 0 radical (unpaired) electrons. The van der Waals surface area contributed by atoms with Crippen molar-refractivity contribution >= 4 is 5.78 Å². The summed E-state index contributed by atoms with van der Waals surface area (Å²) in [4.78, 5) is 13.6. The van der Waals surface area contributed by atoms with Crippen LogP contribution in [0.15, 0.2) is 18.3 Å². The summed E-state index contributed by atoms with van der Waals surface area (Å²) >= 11 is 0. The molecule has 0 bridgehead atoms. The third-order valence-electron chi connectivity index (χ3n) is 2.77. The van der Waals surface area contributed by atoms with Gasteiger partial charge in [0, 0.05) is 38.2 Å². The van der Waals surface area contributed by atoms with Crippen molar-refractivity contribution in [3.05, 3.63) is 24.0 Å². The van der Waals surface area contributed by atoms with Crippen molar-refractivity contribution in [2.75, 3.05) is 13.1 Å².